The maximum atomic E-state index is 11.7. The molecule has 0 N–H and O–H groups in total. The van der Waals surface area contributed by atoms with E-state index in [4.69, 9.17) is 0 Å². The van der Waals surface area contributed by atoms with Gasteiger partial charge in [0.05, 0.1) is 17.1 Å². The standard InChI is InChI=1S/C11H11BrN2O3S/c1-17-11(16)6-2-8(12)10(13-4-6)14-5-7(18)3-9(14)15/h2,4,7,18H,3,5H2,1H3. The number of methoxy groups -OCH3 is 1. The third-order valence-corrected chi connectivity index (χ3v) is 3.53. The van der Waals surface area contributed by atoms with Crippen LogP contribution in [0.25, 0.3) is 0 Å². The molecule has 1 saturated heterocycles. The van der Waals surface area contributed by atoms with Gasteiger partial charge in [-0.2, -0.15) is 12.6 Å². The number of carbonyl (C=O) groups is 2. The van der Waals surface area contributed by atoms with Crippen LogP contribution in [-0.4, -0.2) is 35.8 Å². The number of aromatic nitrogens is 1. The summed E-state index contributed by atoms with van der Waals surface area (Å²) >= 11 is 7.60. The van der Waals surface area contributed by atoms with Crippen molar-refractivity contribution in [1.29, 1.82) is 0 Å². The number of hydrogen-bond acceptors (Lipinski definition) is 5. The predicted molar refractivity (Wildman–Crippen MR) is 73.0 cm³/mol. The van der Waals surface area contributed by atoms with Gasteiger partial charge in [-0.15, -0.1) is 0 Å². The van der Waals surface area contributed by atoms with E-state index in [0.717, 1.165) is 0 Å². The number of esters is 1. The second-order valence-electron chi connectivity index (χ2n) is 3.88. The molecule has 1 aliphatic heterocycles. The number of amides is 1. The smallest absolute Gasteiger partial charge is 0.339 e. The number of halogens is 1. The lowest BCUT2D eigenvalue weighted by atomic mass is 10.3. The van der Waals surface area contributed by atoms with Crippen LogP contribution in [0.4, 0.5) is 5.82 Å². The SMILES string of the molecule is COC(=O)c1cnc(N2CC(S)CC2=O)c(Br)c1. The fraction of sp³-hybridized carbons (Fsp3) is 0.364. The zero-order valence-electron chi connectivity index (χ0n) is 9.59. The minimum atomic E-state index is -0.463. The van der Waals surface area contributed by atoms with Crippen LogP contribution in [0.3, 0.4) is 0 Å². The van der Waals surface area contributed by atoms with Crippen LogP contribution in [-0.2, 0) is 9.53 Å². The van der Waals surface area contributed by atoms with Crippen LogP contribution in [0.15, 0.2) is 16.7 Å². The third-order valence-electron chi connectivity index (χ3n) is 2.60. The first-order chi connectivity index (χ1) is 8.52. The highest BCUT2D eigenvalue weighted by Crippen LogP contribution is 2.29. The van der Waals surface area contributed by atoms with E-state index in [9.17, 15) is 9.59 Å². The van der Waals surface area contributed by atoms with Crippen molar-refractivity contribution in [3.05, 3.63) is 22.3 Å². The Balaban J connectivity index is 2.30. The summed E-state index contributed by atoms with van der Waals surface area (Å²) in [5, 5.41) is 0.0199. The van der Waals surface area contributed by atoms with Crippen LogP contribution < -0.4 is 4.90 Å². The summed E-state index contributed by atoms with van der Waals surface area (Å²) in [7, 11) is 1.31. The molecule has 1 unspecified atom stereocenters. The molecule has 0 aliphatic carbocycles. The normalized spacial score (nSPS) is 19.2. The summed E-state index contributed by atoms with van der Waals surface area (Å²) < 4.78 is 5.19. The second-order valence-corrected chi connectivity index (χ2v) is 5.47. The fourth-order valence-electron chi connectivity index (χ4n) is 1.75. The highest BCUT2D eigenvalue weighted by molar-refractivity contribution is 9.10. The van der Waals surface area contributed by atoms with Crippen molar-refractivity contribution in [1.82, 2.24) is 4.98 Å². The Morgan fingerprint density at radius 1 is 1.67 bits per heavy atom. The second kappa shape index (κ2) is 5.27. The van der Waals surface area contributed by atoms with Gasteiger partial charge in [0.15, 0.2) is 0 Å². The van der Waals surface area contributed by atoms with E-state index in [1.807, 2.05) is 0 Å². The first-order valence-corrected chi connectivity index (χ1v) is 6.56. The van der Waals surface area contributed by atoms with Crippen LogP contribution in [0.2, 0.25) is 0 Å². The van der Waals surface area contributed by atoms with Crippen molar-refractivity contribution in [3.8, 4) is 0 Å². The Morgan fingerprint density at radius 3 is 2.89 bits per heavy atom. The quantitative estimate of drug-likeness (QED) is 0.662. The Kier molecular flexibility index (Phi) is 3.91. The molecule has 0 radical (unpaired) electrons. The molecule has 5 nitrogen and oxygen atoms in total. The van der Waals surface area contributed by atoms with Crippen LogP contribution >= 0.6 is 28.6 Å². The minimum Gasteiger partial charge on any atom is -0.465 e. The Labute approximate surface area is 118 Å². The molecule has 96 valence electrons. The average Bonchev–Trinajstić information content (AvgIpc) is 2.67. The number of rotatable bonds is 2. The Bertz CT molecular complexity index is 509. The number of thiol groups is 1. The fourth-order valence-corrected chi connectivity index (χ4v) is 2.63. The molecule has 7 heteroatoms. The van der Waals surface area contributed by atoms with E-state index in [1.165, 1.54) is 13.3 Å². The lowest BCUT2D eigenvalue weighted by Crippen LogP contribution is -2.26. The number of nitrogens with zero attached hydrogens (tertiary/aromatic N) is 2. The largest absolute Gasteiger partial charge is 0.465 e. The van der Waals surface area contributed by atoms with Gasteiger partial charge < -0.3 is 4.74 Å². The first-order valence-electron chi connectivity index (χ1n) is 5.25. The Morgan fingerprint density at radius 2 is 2.39 bits per heavy atom. The van der Waals surface area contributed by atoms with E-state index in [2.05, 4.69) is 38.3 Å². The van der Waals surface area contributed by atoms with Gasteiger partial charge in [0.25, 0.3) is 0 Å². The molecular formula is C11H11BrN2O3S. The van der Waals surface area contributed by atoms with Crippen LogP contribution in [0.5, 0.6) is 0 Å². The number of pyridine rings is 1. The Hall–Kier alpha value is -1.08. The maximum absolute atomic E-state index is 11.7. The summed E-state index contributed by atoms with van der Waals surface area (Å²) in [4.78, 5) is 28.8. The zero-order chi connectivity index (χ0) is 13.3. The van der Waals surface area contributed by atoms with Gasteiger partial charge >= 0.3 is 5.97 Å². The molecule has 1 aromatic heterocycles. The lowest BCUT2D eigenvalue weighted by Gasteiger charge is -2.16. The minimum absolute atomic E-state index is 0.0194. The molecule has 0 bridgehead atoms. The molecule has 1 amide bonds. The lowest BCUT2D eigenvalue weighted by molar-refractivity contribution is -0.117. The number of anilines is 1. The molecule has 2 rings (SSSR count). The highest BCUT2D eigenvalue weighted by atomic mass is 79.9. The van der Waals surface area contributed by atoms with E-state index < -0.39 is 5.97 Å². The molecule has 1 fully saturated rings. The monoisotopic (exact) mass is 330 g/mol. The van der Waals surface area contributed by atoms with Gasteiger partial charge in [-0.3, -0.25) is 9.69 Å². The van der Waals surface area contributed by atoms with Gasteiger partial charge in [-0.1, -0.05) is 0 Å². The van der Waals surface area contributed by atoms with Gasteiger partial charge in [-0.05, 0) is 22.0 Å². The topological polar surface area (TPSA) is 59.5 Å². The van der Waals surface area contributed by atoms with E-state index in [0.29, 0.717) is 28.8 Å². The molecule has 2 heterocycles. The zero-order valence-corrected chi connectivity index (χ0v) is 12.1. The van der Waals surface area contributed by atoms with Crippen molar-refractivity contribution in [2.45, 2.75) is 11.7 Å². The molecule has 1 aromatic rings. The summed E-state index contributed by atoms with van der Waals surface area (Å²) in [6.45, 7) is 0.519. The van der Waals surface area contributed by atoms with Crippen LogP contribution in [0, 0.1) is 0 Å². The van der Waals surface area contributed by atoms with E-state index >= 15 is 0 Å². The molecule has 1 atom stereocenters. The maximum Gasteiger partial charge on any atom is 0.339 e. The highest BCUT2D eigenvalue weighted by Gasteiger charge is 2.30. The van der Waals surface area contributed by atoms with Crippen molar-refractivity contribution >= 4 is 46.3 Å². The van der Waals surface area contributed by atoms with Crippen LogP contribution in [0.1, 0.15) is 16.8 Å². The first kappa shape index (κ1) is 13.4. The predicted octanol–water partition coefficient (Wildman–Crippen LogP) is 1.67. The van der Waals surface area contributed by atoms with Crippen molar-refractivity contribution in [2.75, 3.05) is 18.6 Å². The molecule has 18 heavy (non-hydrogen) atoms. The molecule has 1 aliphatic rings. The third kappa shape index (κ3) is 2.51. The van der Waals surface area contributed by atoms with Gasteiger partial charge in [0, 0.05) is 24.4 Å². The molecule has 0 spiro atoms. The van der Waals surface area contributed by atoms with E-state index in [-0.39, 0.29) is 11.2 Å². The van der Waals surface area contributed by atoms with E-state index in [1.54, 1.807) is 11.0 Å². The molecular weight excluding hydrogens is 320 g/mol. The number of hydrogen-bond donors (Lipinski definition) is 1. The average molecular weight is 331 g/mol. The summed E-state index contributed by atoms with van der Waals surface area (Å²) in [6, 6.07) is 1.59. The number of carbonyl (C=O) groups excluding carboxylic acids is 2. The summed E-state index contributed by atoms with van der Waals surface area (Å²) in [5.74, 6) is 0.0211. The molecule has 0 aromatic carbocycles. The van der Waals surface area contributed by atoms with Gasteiger partial charge in [-0.25, -0.2) is 9.78 Å². The molecule has 0 saturated carbocycles. The summed E-state index contributed by atoms with van der Waals surface area (Å²) in [5.41, 5.74) is 0.335. The van der Waals surface area contributed by atoms with Gasteiger partial charge in [0.2, 0.25) is 5.91 Å². The van der Waals surface area contributed by atoms with Crippen molar-refractivity contribution in [2.24, 2.45) is 0 Å². The van der Waals surface area contributed by atoms with Gasteiger partial charge in [0.1, 0.15) is 5.82 Å². The number of ether oxygens (including phenoxy) is 1. The van der Waals surface area contributed by atoms with Crippen molar-refractivity contribution < 1.29 is 14.3 Å². The summed E-state index contributed by atoms with van der Waals surface area (Å²) in [6.07, 6.45) is 1.79. The van der Waals surface area contributed by atoms with Crippen molar-refractivity contribution in [3.63, 3.8) is 0 Å².